The van der Waals surface area contributed by atoms with Crippen LogP contribution in [0.25, 0.3) is 11.1 Å². The molecular weight excluding hydrogens is 360 g/mol. The first-order valence-corrected chi connectivity index (χ1v) is 10.9. The van der Waals surface area contributed by atoms with Gasteiger partial charge in [-0.3, -0.25) is 0 Å². The van der Waals surface area contributed by atoms with Crippen molar-refractivity contribution in [3.05, 3.63) is 57.6 Å². The highest BCUT2D eigenvalue weighted by atomic mass is 32.9. The van der Waals surface area contributed by atoms with Crippen molar-refractivity contribution in [2.45, 2.75) is 32.7 Å². The Kier molecular flexibility index (Phi) is 4.37. The highest BCUT2D eigenvalue weighted by Gasteiger charge is 2.33. The molecular formula is C21H22N2OS2. The lowest BCUT2D eigenvalue weighted by atomic mass is 9.90. The van der Waals surface area contributed by atoms with Crippen LogP contribution in [0, 0.1) is 0 Å². The number of benzene rings is 2. The summed E-state index contributed by atoms with van der Waals surface area (Å²) in [7, 11) is 5.27. The highest BCUT2D eigenvalue weighted by Crippen LogP contribution is 2.46. The smallest absolute Gasteiger partial charge is 0.135 e. The molecule has 0 saturated carbocycles. The molecule has 0 amide bonds. The van der Waals surface area contributed by atoms with Crippen molar-refractivity contribution in [3.8, 4) is 16.9 Å². The number of nitrogens with zero attached hydrogens (tertiary/aromatic N) is 1. The minimum Gasteiger partial charge on any atom is -0.497 e. The van der Waals surface area contributed by atoms with E-state index in [1.807, 2.05) is 16.4 Å². The van der Waals surface area contributed by atoms with Crippen molar-refractivity contribution in [1.82, 2.24) is 0 Å². The molecule has 0 unspecified atom stereocenters. The van der Waals surface area contributed by atoms with Gasteiger partial charge in [-0.2, -0.15) is 0 Å². The summed E-state index contributed by atoms with van der Waals surface area (Å²) in [5, 5.41) is 3.65. The third kappa shape index (κ3) is 2.95. The molecule has 1 N–H and O–H groups in total. The van der Waals surface area contributed by atoms with Gasteiger partial charge >= 0.3 is 0 Å². The molecule has 0 spiro atoms. The average molecular weight is 383 g/mol. The molecule has 0 fully saturated rings. The van der Waals surface area contributed by atoms with Crippen LogP contribution in [-0.4, -0.2) is 7.11 Å². The number of nitrogens with one attached hydrogen (secondary N) is 1. The summed E-state index contributed by atoms with van der Waals surface area (Å²) in [4.78, 5) is 6.30. The summed E-state index contributed by atoms with van der Waals surface area (Å²) in [6.45, 7) is 6.61. The molecule has 1 aliphatic heterocycles. The Morgan fingerprint density at radius 2 is 1.85 bits per heavy atom. The van der Waals surface area contributed by atoms with E-state index in [-0.39, 0.29) is 5.54 Å². The third-order valence-electron chi connectivity index (χ3n) is 4.73. The van der Waals surface area contributed by atoms with Crippen molar-refractivity contribution in [1.29, 1.82) is 0 Å². The minimum atomic E-state index is -0.129. The Balaban J connectivity index is 1.90. The fraction of sp³-hybridized carbons (Fsp3) is 0.286. The number of rotatable bonds is 3. The minimum absolute atomic E-state index is 0.129. The van der Waals surface area contributed by atoms with E-state index in [4.69, 9.17) is 9.73 Å². The second-order valence-corrected chi connectivity index (χ2v) is 9.10. The van der Waals surface area contributed by atoms with E-state index in [1.165, 1.54) is 21.6 Å². The molecule has 5 heteroatoms. The SMILES string of the molecule is CCc1ccc(N=c2ssc3c2-c2ccc(OC)cc2NC3(C)C)cc1. The fourth-order valence-corrected chi connectivity index (χ4v) is 6.22. The van der Waals surface area contributed by atoms with Gasteiger partial charge in [0.05, 0.1) is 23.2 Å². The molecule has 3 aromatic rings. The quantitative estimate of drug-likeness (QED) is 0.569. The summed E-state index contributed by atoms with van der Waals surface area (Å²) in [6, 6.07) is 14.8. The number of ether oxygens (including phenoxy) is 1. The summed E-state index contributed by atoms with van der Waals surface area (Å²) in [5.74, 6) is 0.864. The van der Waals surface area contributed by atoms with E-state index in [1.54, 1.807) is 17.5 Å². The Labute approximate surface area is 161 Å². The predicted octanol–water partition coefficient (Wildman–Crippen LogP) is 5.94. The largest absolute Gasteiger partial charge is 0.497 e. The highest BCUT2D eigenvalue weighted by molar-refractivity contribution is 7.68. The monoisotopic (exact) mass is 382 g/mol. The molecule has 1 aromatic heterocycles. The summed E-state index contributed by atoms with van der Waals surface area (Å²) >= 11 is 0. The molecule has 3 nitrogen and oxygen atoms in total. The summed E-state index contributed by atoms with van der Waals surface area (Å²) < 4.78 is 6.49. The van der Waals surface area contributed by atoms with Gasteiger partial charge in [0.25, 0.3) is 0 Å². The normalized spacial score (nSPS) is 15.2. The van der Waals surface area contributed by atoms with Gasteiger partial charge in [0.2, 0.25) is 0 Å². The number of hydrogen-bond donors (Lipinski definition) is 1. The van der Waals surface area contributed by atoms with Crippen molar-refractivity contribution >= 4 is 32.1 Å². The Morgan fingerprint density at radius 1 is 1.08 bits per heavy atom. The van der Waals surface area contributed by atoms with E-state index in [9.17, 15) is 0 Å². The molecule has 0 aliphatic carbocycles. The molecule has 0 atom stereocenters. The van der Waals surface area contributed by atoms with Crippen LogP contribution in [0.15, 0.2) is 47.5 Å². The molecule has 26 heavy (non-hydrogen) atoms. The first kappa shape index (κ1) is 17.3. The van der Waals surface area contributed by atoms with Gasteiger partial charge in [-0.1, -0.05) is 39.7 Å². The number of fused-ring (bicyclic) bond motifs is 3. The van der Waals surface area contributed by atoms with Crippen molar-refractivity contribution in [3.63, 3.8) is 0 Å². The second-order valence-electron chi connectivity index (χ2n) is 6.97. The zero-order chi connectivity index (χ0) is 18.3. The molecule has 0 bridgehead atoms. The predicted molar refractivity (Wildman–Crippen MR) is 112 cm³/mol. The lowest BCUT2D eigenvalue weighted by Crippen LogP contribution is -2.31. The van der Waals surface area contributed by atoms with Crippen molar-refractivity contribution in [2.24, 2.45) is 4.99 Å². The van der Waals surface area contributed by atoms with Crippen molar-refractivity contribution in [2.75, 3.05) is 12.4 Å². The molecule has 2 aromatic carbocycles. The molecule has 4 rings (SSSR count). The summed E-state index contributed by atoms with van der Waals surface area (Å²) in [5.41, 5.74) is 5.76. The van der Waals surface area contributed by atoms with Crippen LogP contribution in [0.4, 0.5) is 11.4 Å². The van der Waals surface area contributed by atoms with Gasteiger partial charge in [-0.25, -0.2) is 4.99 Å². The van der Waals surface area contributed by atoms with E-state index >= 15 is 0 Å². The van der Waals surface area contributed by atoms with Gasteiger partial charge in [-0.05, 0) is 50.1 Å². The Hall–Kier alpha value is -2.11. The molecule has 2 heterocycles. The molecule has 134 valence electrons. The molecule has 1 aliphatic rings. The number of aryl methyl sites for hydroxylation is 1. The van der Waals surface area contributed by atoms with Crippen LogP contribution >= 0.6 is 20.7 Å². The van der Waals surface area contributed by atoms with Gasteiger partial charge in [0, 0.05) is 22.9 Å². The van der Waals surface area contributed by atoms with Gasteiger partial charge < -0.3 is 10.1 Å². The third-order valence-corrected chi connectivity index (χ3v) is 7.37. The van der Waals surface area contributed by atoms with E-state index in [0.29, 0.717) is 0 Å². The van der Waals surface area contributed by atoms with Gasteiger partial charge in [-0.15, -0.1) is 0 Å². The standard InChI is InChI=1S/C21H22N2OS2/c1-5-13-6-8-14(9-7-13)22-20-18-16-11-10-15(24-4)12-17(16)23-21(2,3)19(18)25-26-20/h6-12,23H,5H2,1-4H3. The lowest BCUT2D eigenvalue weighted by molar-refractivity contribution is 0.415. The fourth-order valence-electron chi connectivity index (χ4n) is 3.28. The van der Waals surface area contributed by atoms with Crippen LogP contribution in [0.2, 0.25) is 0 Å². The lowest BCUT2D eigenvalue weighted by Gasteiger charge is -2.33. The zero-order valence-electron chi connectivity index (χ0n) is 15.4. The maximum atomic E-state index is 5.41. The van der Waals surface area contributed by atoms with Crippen LogP contribution in [0.1, 0.15) is 31.2 Å². The van der Waals surface area contributed by atoms with E-state index in [0.717, 1.165) is 28.2 Å². The second kappa shape index (κ2) is 6.56. The topological polar surface area (TPSA) is 33.6 Å². The number of hydrogen-bond acceptors (Lipinski definition) is 5. The van der Waals surface area contributed by atoms with Crippen molar-refractivity contribution < 1.29 is 4.74 Å². The number of methoxy groups -OCH3 is 1. The Bertz CT molecular complexity index is 1010. The molecule has 0 saturated heterocycles. The van der Waals surface area contributed by atoms with E-state index < -0.39 is 0 Å². The maximum Gasteiger partial charge on any atom is 0.135 e. The number of anilines is 1. The van der Waals surface area contributed by atoms with Crippen LogP contribution in [0.5, 0.6) is 5.75 Å². The average Bonchev–Trinajstić information content (AvgIpc) is 3.06. The van der Waals surface area contributed by atoms with Gasteiger partial charge in [0.1, 0.15) is 10.4 Å². The van der Waals surface area contributed by atoms with E-state index in [2.05, 4.69) is 62.5 Å². The van der Waals surface area contributed by atoms with Crippen LogP contribution in [0.3, 0.4) is 0 Å². The Morgan fingerprint density at radius 3 is 2.54 bits per heavy atom. The van der Waals surface area contributed by atoms with Gasteiger partial charge in [0.15, 0.2) is 0 Å². The first-order chi connectivity index (χ1) is 12.5. The summed E-state index contributed by atoms with van der Waals surface area (Å²) in [6.07, 6.45) is 1.05. The van der Waals surface area contributed by atoms with Crippen LogP contribution < -0.4 is 14.7 Å². The zero-order valence-corrected chi connectivity index (χ0v) is 17.1. The van der Waals surface area contributed by atoms with Crippen LogP contribution in [-0.2, 0) is 12.0 Å². The molecule has 0 radical (unpaired) electrons. The maximum absolute atomic E-state index is 5.41. The first-order valence-electron chi connectivity index (χ1n) is 8.75.